The molecule has 0 nitrogen and oxygen atoms in total. The average Bonchev–Trinajstić information content (AvgIpc) is 2.15. The molecule has 0 heteroatoms. The highest BCUT2D eigenvalue weighted by molar-refractivity contribution is 5.24. The molecule has 0 N–H and O–H groups in total. The van der Waals surface area contributed by atoms with Crippen LogP contribution in [0.3, 0.4) is 0 Å². The third-order valence-electron chi connectivity index (χ3n) is 2.63. The van der Waals surface area contributed by atoms with Crippen molar-refractivity contribution in [3.63, 3.8) is 0 Å². The van der Waals surface area contributed by atoms with Crippen molar-refractivity contribution in [1.82, 2.24) is 0 Å². The van der Waals surface area contributed by atoms with E-state index in [-0.39, 0.29) is 0 Å². The average molecular weight is 164 g/mol. The van der Waals surface area contributed by atoms with Crippen LogP contribution < -0.4 is 0 Å². The van der Waals surface area contributed by atoms with Gasteiger partial charge in [0.1, 0.15) is 0 Å². The summed E-state index contributed by atoms with van der Waals surface area (Å²) in [6, 6.07) is 0. The molecular formula is C12H20. The molecule has 0 saturated carbocycles. The standard InChI is InChI=1S/C12H20/c1-3-8-11(4-2)12-9-6-5-7-10-12/h6,9-11H,3-5,7-8H2,1-2H3. The van der Waals surface area contributed by atoms with E-state index in [4.69, 9.17) is 0 Å². The Morgan fingerprint density at radius 1 is 1.33 bits per heavy atom. The van der Waals surface area contributed by atoms with Crippen LogP contribution in [0.5, 0.6) is 0 Å². The Labute approximate surface area is 76.4 Å². The Balaban J connectivity index is 2.52. The highest BCUT2D eigenvalue weighted by atomic mass is 14.1. The molecule has 1 rings (SSSR count). The molecule has 0 amide bonds. The molecule has 0 aromatic heterocycles. The molecule has 0 aliphatic heterocycles. The third kappa shape index (κ3) is 2.51. The van der Waals surface area contributed by atoms with E-state index in [1.54, 1.807) is 5.57 Å². The molecular weight excluding hydrogens is 144 g/mol. The Hall–Kier alpha value is -0.520. The van der Waals surface area contributed by atoms with Gasteiger partial charge in [-0.25, -0.2) is 0 Å². The van der Waals surface area contributed by atoms with E-state index in [1.165, 1.54) is 32.1 Å². The zero-order valence-corrected chi connectivity index (χ0v) is 8.34. The van der Waals surface area contributed by atoms with E-state index >= 15 is 0 Å². The molecule has 0 spiro atoms. The van der Waals surface area contributed by atoms with Gasteiger partial charge in [-0.2, -0.15) is 0 Å². The predicted octanol–water partition coefficient (Wildman–Crippen LogP) is 4.09. The van der Waals surface area contributed by atoms with Crippen molar-refractivity contribution < 1.29 is 0 Å². The lowest BCUT2D eigenvalue weighted by atomic mass is 9.89. The molecule has 68 valence electrons. The largest absolute Gasteiger partial charge is 0.0840 e. The Morgan fingerprint density at radius 3 is 2.67 bits per heavy atom. The zero-order valence-electron chi connectivity index (χ0n) is 8.34. The normalized spacial score (nSPS) is 19.0. The minimum absolute atomic E-state index is 0.826. The summed E-state index contributed by atoms with van der Waals surface area (Å²) in [5.41, 5.74) is 1.59. The fourth-order valence-electron chi connectivity index (χ4n) is 1.89. The van der Waals surface area contributed by atoms with Crippen LogP contribution in [0.1, 0.15) is 46.0 Å². The van der Waals surface area contributed by atoms with E-state index in [1.807, 2.05) is 0 Å². The van der Waals surface area contributed by atoms with Crippen molar-refractivity contribution in [3.8, 4) is 0 Å². The molecule has 0 radical (unpaired) electrons. The molecule has 12 heavy (non-hydrogen) atoms. The Bertz CT molecular complexity index is 174. The van der Waals surface area contributed by atoms with Crippen molar-refractivity contribution in [2.75, 3.05) is 0 Å². The third-order valence-corrected chi connectivity index (χ3v) is 2.63. The lowest BCUT2D eigenvalue weighted by Gasteiger charge is -2.17. The van der Waals surface area contributed by atoms with Crippen LogP contribution in [-0.4, -0.2) is 0 Å². The maximum absolute atomic E-state index is 2.42. The second-order valence-electron chi connectivity index (χ2n) is 3.58. The first-order chi connectivity index (χ1) is 5.88. The fourth-order valence-corrected chi connectivity index (χ4v) is 1.89. The van der Waals surface area contributed by atoms with Crippen molar-refractivity contribution in [1.29, 1.82) is 0 Å². The summed E-state index contributed by atoms with van der Waals surface area (Å²) >= 11 is 0. The van der Waals surface area contributed by atoms with Crippen LogP contribution in [0.2, 0.25) is 0 Å². The van der Waals surface area contributed by atoms with Crippen LogP contribution in [0.4, 0.5) is 0 Å². The van der Waals surface area contributed by atoms with E-state index in [0.717, 1.165) is 5.92 Å². The monoisotopic (exact) mass is 164 g/mol. The molecule has 0 saturated heterocycles. The summed E-state index contributed by atoms with van der Waals surface area (Å²) < 4.78 is 0. The van der Waals surface area contributed by atoms with Gasteiger partial charge in [0.15, 0.2) is 0 Å². The van der Waals surface area contributed by atoms with E-state index in [9.17, 15) is 0 Å². The lowest BCUT2D eigenvalue weighted by molar-refractivity contribution is 0.540. The summed E-state index contributed by atoms with van der Waals surface area (Å²) in [5, 5.41) is 0. The minimum atomic E-state index is 0.826. The molecule has 0 aromatic carbocycles. The first kappa shape index (κ1) is 9.57. The van der Waals surface area contributed by atoms with Crippen molar-refractivity contribution in [2.24, 2.45) is 5.92 Å². The first-order valence-electron chi connectivity index (χ1n) is 5.25. The molecule has 1 aliphatic rings. The van der Waals surface area contributed by atoms with Gasteiger partial charge in [0.05, 0.1) is 0 Å². The van der Waals surface area contributed by atoms with Crippen molar-refractivity contribution in [3.05, 3.63) is 23.8 Å². The summed E-state index contributed by atoms with van der Waals surface area (Å²) in [6.07, 6.45) is 13.5. The molecule has 0 bridgehead atoms. The SMILES string of the molecule is CCCC(CC)C1=CCCC=C1. The summed E-state index contributed by atoms with van der Waals surface area (Å²) in [7, 11) is 0. The van der Waals surface area contributed by atoms with E-state index in [0.29, 0.717) is 0 Å². The summed E-state index contributed by atoms with van der Waals surface area (Å²) in [4.78, 5) is 0. The number of hydrogen-bond donors (Lipinski definition) is 0. The van der Waals surface area contributed by atoms with Gasteiger partial charge in [-0.1, -0.05) is 38.5 Å². The van der Waals surface area contributed by atoms with Gasteiger partial charge in [-0.05, 0) is 37.2 Å². The molecule has 1 aliphatic carbocycles. The quantitative estimate of drug-likeness (QED) is 0.587. The Kier molecular flexibility index (Phi) is 4.13. The minimum Gasteiger partial charge on any atom is -0.0840 e. The van der Waals surface area contributed by atoms with Gasteiger partial charge >= 0.3 is 0 Å². The highest BCUT2D eigenvalue weighted by Gasteiger charge is 2.09. The second-order valence-corrected chi connectivity index (χ2v) is 3.58. The number of hydrogen-bond acceptors (Lipinski definition) is 0. The fraction of sp³-hybridized carbons (Fsp3) is 0.667. The van der Waals surface area contributed by atoms with Crippen molar-refractivity contribution in [2.45, 2.75) is 46.0 Å². The van der Waals surface area contributed by atoms with Crippen LogP contribution >= 0.6 is 0 Å². The molecule has 0 aromatic rings. The van der Waals surface area contributed by atoms with Crippen LogP contribution in [0.15, 0.2) is 23.8 Å². The highest BCUT2D eigenvalue weighted by Crippen LogP contribution is 2.25. The molecule has 0 fully saturated rings. The topological polar surface area (TPSA) is 0 Å². The maximum Gasteiger partial charge on any atom is -0.0168 e. The Morgan fingerprint density at radius 2 is 2.17 bits per heavy atom. The maximum atomic E-state index is 2.42. The van der Waals surface area contributed by atoms with Crippen LogP contribution in [0.25, 0.3) is 0 Å². The van der Waals surface area contributed by atoms with Crippen LogP contribution in [0, 0.1) is 5.92 Å². The van der Waals surface area contributed by atoms with Gasteiger partial charge in [0, 0.05) is 0 Å². The van der Waals surface area contributed by atoms with Crippen molar-refractivity contribution >= 4 is 0 Å². The molecule has 1 atom stereocenters. The smallest absolute Gasteiger partial charge is 0.0168 e. The second kappa shape index (κ2) is 5.18. The summed E-state index contributed by atoms with van der Waals surface area (Å²) in [6.45, 7) is 4.57. The van der Waals surface area contributed by atoms with E-state index < -0.39 is 0 Å². The lowest BCUT2D eigenvalue weighted by Crippen LogP contribution is -2.02. The van der Waals surface area contributed by atoms with Gasteiger partial charge in [-0.3, -0.25) is 0 Å². The van der Waals surface area contributed by atoms with Gasteiger partial charge < -0.3 is 0 Å². The van der Waals surface area contributed by atoms with Gasteiger partial charge in [0.25, 0.3) is 0 Å². The summed E-state index contributed by atoms with van der Waals surface area (Å²) in [5.74, 6) is 0.826. The number of allylic oxidation sites excluding steroid dienone is 4. The molecule has 0 heterocycles. The molecule has 1 unspecified atom stereocenters. The van der Waals surface area contributed by atoms with Gasteiger partial charge in [0.2, 0.25) is 0 Å². The van der Waals surface area contributed by atoms with Gasteiger partial charge in [-0.15, -0.1) is 0 Å². The van der Waals surface area contributed by atoms with Crippen LogP contribution in [-0.2, 0) is 0 Å². The first-order valence-corrected chi connectivity index (χ1v) is 5.25. The zero-order chi connectivity index (χ0) is 8.81. The van der Waals surface area contributed by atoms with E-state index in [2.05, 4.69) is 32.1 Å². The predicted molar refractivity (Wildman–Crippen MR) is 55.1 cm³/mol. The number of rotatable bonds is 4.